The molecule has 0 fully saturated rings. The van der Waals surface area contributed by atoms with Crippen molar-refractivity contribution in [2.24, 2.45) is 5.84 Å². The van der Waals surface area contributed by atoms with Crippen molar-refractivity contribution >= 4 is 17.5 Å². The molecule has 0 saturated carbocycles. The first-order valence-corrected chi connectivity index (χ1v) is 5.99. The van der Waals surface area contributed by atoms with Gasteiger partial charge in [0.2, 0.25) is 5.95 Å². The third-order valence-electron chi connectivity index (χ3n) is 2.86. The van der Waals surface area contributed by atoms with Crippen molar-refractivity contribution < 1.29 is 4.39 Å². The van der Waals surface area contributed by atoms with Crippen molar-refractivity contribution in [2.75, 3.05) is 10.7 Å². The Hall–Kier alpha value is -2.21. The summed E-state index contributed by atoms with van der Waals surface area (Å²) in [5, 5.41) is 2.92. The number of aryl methyl sites for hydroxylation is 2. The van der Waals surface area contributed by atoms with Crippen LogP contribution >= 0.6 is 0 Å². The first-order chi connectivity index (χ1) is 9.13. The zero-order chi connectivity index (χ0) is 13.8. The quantitative estimate of drug-likeness (QED) is 0.582. The minimum absolute atomic E-state index is 0.0894. The molecule has 0 atom stereocenters. The largest absolute Gasteiger partial charge is 0.338 e. The highest BCUT2D eigenvalue weighted by molar-refractivity contribution is 5.59. The van der Waals surface area contributed by atoms with Gasteiger partial charge in [-0.15, -0.1) is 0 Å². The molecular formula is C13H16FN5. The number of hydrazine groups is 1. The van der Waals surface area contributed by atoms with Crippen molar-refractivity contribution in [3.05, 3.63) is 41.3 Å². The van der Waals surface area contributed by atoms with Gasteiger partial charge in [-0.1, -0.05) is 13.0 Å². The summed E-state index contributed by atoms with van der Waals surface area (Å²) in [5.74, 6) is 4.92. The molecule has 1 heterocycles. The fraction of sp³-hybridized carbons (Fsp3) is 0.231. The van der Waals surface area contributed by atoms with Crippen LogP contribution in [0.3, 0.4) is 0 Å². The van der Waals surface area contributed by atoms with E-state index in [1.165, 1.54) is 5.56 Å². The summed E-state index contributed by atoms with van der Waals surface area (Å²) in [6, 6.07) is 5.86. The van der Waals surface area contributed by atoms with Gasteiger partial charge in [0.05, 0.1) is 6.20 Å². The highest BCUT2D eigenvalue weighted by atomic mass is 19.1. The second kappa shape index (κ2) is 5.62. The highest BCUT2D eigenvalue weighted by Crippen LogP contribution is 2.21. The lowest BCUT2D eigenvalue weighted by molar-refractivity contribution is 0.619. The summed E-state index contributed by atoms with van der Waals surface area (Å²) in [5.41, 5.74) is 5.47. The van der Waals surface area contributed by atoms with Gasteiger partial charge >= 0.3 is 0 Å². The van der Waals surface area contributed by atoms with Crippen molar-refractivity contribution in [1.29, 1.82) is 0 Å². The van der Waals surface area contributed by atoms with Crippen LogP contribution in [0.2, 0.25) is 0 Å². The SMILES string of the molecule is CCc1ccc(Nc2nc(NN)ncc2F)cc1C. The third kappa shape index (κ3) is 2.97. The second-order valence-corrected chi connectivity index (χ2v) is 4.15. The molecule has 0 aliphatic carbocycles. The minimum atomic E-state index is -0.531. The molecule has 0 spiro atoms. The van der Waals surface area contributed by atoms with Gasteiger partial charge in [-0.25, -0.2) is 15.2 Å². The molecule has 4 N–H and O–H groups in total. The predicted molar refractivity (Wildman–Crippen MR) is 73.6 cm³/mol. The monoisotopic (exact) mass is 261 g/mol. The van der Waals surface area contributed by atoms with Crippen LogP contribution in [0.15, 0.2) is 24.4 Å². The minimum Gasteiger partial charge on any atom is -0.338 e. The van der Waals surface area contributed by atoms with Gasteiger partial charge in [0.25, 0.3) is 0 Å². The smallest absolute Gasteiger partial charge is 0.239 e. The number of nitrogens with two attached hydrogens (primary N) is 1. The van der Waals surface area contributed by atoms with Crippen LogP contribution in [0, 0.1) is 12.7 Å². The van der Waals surface area contributed by atoms with Crippen LogP contribution < -0.4 is 16.6 Å². The van der Waals surface area contributed by atoms with Gasteiger partial charge in [-0.2, -0.15) is 4.98 Å². The van der Waals surface area contributed by atoms with Crippen LogP contribution in [0.25, 0.3) is 0 Å². The Kier molecular flexibility index (Phi) is 3.91. The summed E-state index contributed by atoms with van der Waals surface area (Å²) in [6.45, 7) is 4.12. The lowest BCUT2D eigenvalue weighted by Crippen LogP contribution is -2.12. The number of hydrogen-bond acceptors (Lipinski definition) is 5. The molecule has 0 bridgehead atoms. The molecular weight excluding hydrogens is 245 g/mol. The molecule has 0 aliphatic heterocycles. The standard InChI is InChI=1S/C13H16FN5/c1-3-9-4-5-10(6-8(9)2)17-12-11(14)7-16-13(18-12)19-15/h4-7H,3,15H2,1-2H3,(H2,16,17,18,19). The van der Waals surface area contributed by atoms with E-state index in [9.17, 15) is 4.39 Å². The van der Waals surface area contributed by atoms with Crippen LogP contribution in [0.5, 0.6) is 0 Å². The van der Waals surface area contributed by atoms with E-state index in [1.807, 2.05) is 25.1 Å². The van der Waals surface area contributed by atoms with Crippen molar-refractivity contribution in [3.8, 4) is 0 Å². The molecule has 1 aromatic carbocycles. The van der Waals surface area contributed by atoms with E-state index in [1.54, 1.807) is 0 Å². The Bertz CT molecular complexity index is 585. The normalized spacial score (nSPS) is 10.3. The van der Waals surface area contributed by atoms with Crippen LogP contribution in [0.4, 0.5) is 21.8 Å². The molecule has 0 amide bonds. The molecule has 2 aromatic rings. The van der Waals surface area contributed by atoms with Crippen LogP contribution in [0.1, 0.15) is 18.1 Å². The van der Waals surface area contributed by atoms with Crippen LogP contribution in [-0.2, 0) is 6.42 Å². The van der Waals surface area contributed by atoms with Gasteiger partial charge in [-0.05, 0) is 36.6 Å². The van der Waals surface area contributed by atoms with Gasteiger partial charge < -0.3 is 5.32 Å². The molecule has 0 saturated heterocycles. The Morgan fingerprint density at radius 2 is 2.16 bits per heavy atom. The lowest BCUT2D eigenvalue weighted by Gasteiger charge is -2.10. The Morgan fingerprint density at radius 1 is 1.37 bits per heavy atom. The van der Waals surface area contributed by atoms with E-state index in [4.69, 9.17) is 5.84 Å². The summed E-state index contributed by atoms with van der Waals surface area (Å²) >= 11 is 0. The third-order valence-corrected chi connectivity index (χ3v) is 2.86. The van der Waals surface area contributed by atoms with E-state index >= 15 is 0 Å². The number of nitrogen functional groups attached to an aromatic ring is 1. The van der Waals surface area contributed by atoms with Crippen molar-refractivity contribution in [1.82, 2.24) is 9.97 Å². The highest BCUT2D eigenvalue weighted by Gasteiger charge is 2.07. The molecule has 6 heteroatoms. The van der Waals surface area contributed by atoms with Crippen molar-refractivity contribution in [2.45, 2.75) is 20.3 Å². The van der Waals surface area contributed by atoms with E-state index in [0.717, 1.165) is 23.9 Å². The summed E-state index contributed by atoms with van der Waals surface area (Å²) in [4.78, 5) is 7.61. The van der Waals surface area contributed by atoms with Gasteiger partial charge in [0.15, 0.2) is 11.6 Å². The van der Waals surface area contributed by atoms with Gasteiger partial charge in [-0.3, -0.25) is 5.43 Å². The number of hydrogen-bond donors (Lipinski definition) is 3. The molecule has 5 nitrogen and oxygen atoms in total. The zero-order valence-electron chi connectivity index (χ0n) is 10.9. The Labute approximate surface area is 111 Å². The zero-order valence-corrected chi connectivity index (χ0v) is 10.9. The first kappa shape index (κ1) is 13.2. The number of halogens is 1. The molecule has 0 aliphatic rings. The molecule has 1 aromatic heterocycles. The number of anilines is 3. The van der Waals surface area contributed by atoms with E-state index in [-0.39, 0.29) is 11.8 Å². The topological polar surface area (TPSA) is 75.9 Å². The fourth-order valence-electron chi connectivity index (χ4n) is 1.83. The maximum Gasteiger partial charge on any atom is 0.239 e. The molecule has 100 valence electrons. The summed E-state index contributed by atoms with van der Waals surface area (Å²) < 4.78 is 13.6. The number of benzene rings is 1. The second-order valence-electron chi connectivity index (χ2n) is 4.15. The fourth-order valence-corrected chi connectivity index (χ4v) is 1.83. The van der Waals surface area contributed by atoms with Crippen molar-refractivity contribution in [3.63, 3.8) is 0 Å². The summed E-state index contributed by atoms with van der Waals surface area (Å²) in [6.07, 6.45) is 2.03. The maximum atomic E-state index is 13.6. The van der Waals surface area contributed by atoms with Gasteiger partial charge in [0.1, 0.15) is 0 Å². The van der Waals surface area contributed by atoms with E-state index in [0.29, 0.717) is 0 Å². The Balaban J connectivity index is 2.28. The van der Waals surface area contributed by atoms with E-state index < -0.39 is 5.82 Å². The van der Waals surface area contributed by atoms with Gasteiger partial charge in [0, 0.05) is 5.69 Å². The number of rotatable bonds is 4. The average molecular weight is 261 g/mol. The lowest BCUT2D eigenvalue weighted by atomic mass is 10.1. The van der Waals surface area contributed by atoms with E-state index in [2.05, 4.69) is 27.6 Å². The Morgan fingerprint density at radius 3 is 2.79 bits per heavy atom. The summed E-state index contributed by atoms with van der Waals surface area (Å²) in [7, 11) is 0. The number of nitrogens with one attached hydrogen (secondary N) is 2. The molecule has 19 heavy (non-hydrogen) atoms. The number of aromatic nitrogens is 2. The first-order valence-electron chi connectivity index (χ1n) is 5.99. The molecule has 0 unspecified atom stereocenters. The molecule has 2 rings (SSSR count). The average Bonchev–Trinajstić information content (AvgIpc) is 2.41. The maximum absolute atomic E-state index is 13.6. The molecule has 0 radical (unpaired) electrons. The predicted octanol–water partition coefficient (Wildman–Crippen LogP) is 2.52. The van der Waals surface area contributed by atoms with Crippen LogP contribution in [-0.4, -0.2) is 9.97 Å². The number of nitrogens with zero attached hydrogens (tertiary/aromatic N) is 2.